The van der Waals surface area contributed by atoms with Gasteiger partial charge in [0.2, 0.25) is 6.29 Å². The van der Waals surface area contributed by atoms with Crippen LogP contribution in [0.25, 0.3) is 0 Å². The average molecular weight is 197 g/mol. The summed E-state index contributed by atoms with van der Waals surface area (Å²) in [5.41, 5.74) is 4.79. The van der Waals surface area contributed by atoms with E-state index >= 15 is 0 Å². The van der Waals surface area contributed by atoms with Gasteiger partial charge in [-0.3, -0.25) is 14.4 Å². The molecule has 0 aliphatic heterocycles. The van der Waals surface area contributed by atoms with Crippen molar-refractivity contribution in [1.29, 1.82) is 0 Å². The van der Waals surface area contributed by atoms with Crippen LogP contribution in [0.4, 0.5) is 0 Å². The van der Waals surface area contributed by atoms with Gasteiger partial charge in [-0.15, -0.1) is 0 Å². The molecule has 1 rings (SSSR count). The first kappa shape index (κ1) is 10.7. The van der Waals surface area contributed by atoms with E-state index in [0.29, 0.717) is 25.7 Å². The van der Waals surface area contributed by atoms with Gasteiger partial charge >= 0.3 is 11.8 Å². The molecule has 0 aromatic carbocycles. The molecule has 0 aromatic rings. The van der Waals surface area contributed by atoms with E-state index in [1.807, 2.05) is 6.29 Å². The molecule has 1 radical (unpaired) electrons. The van der Waals surface area contributed by atoms with Crippen LogP contribution in [-0.4, -0.2) is 24.1 Å². The molecule has 0 spiro atoms. The van der Waals surface area contributed by atoms with Gasteiger partial charge in [-0.25, -0.2) is 0 Å². The third kappa shape index (κ3) is 2.83. The highest BCUT2D eigenvalue weighted by atomic mass is 16.2. The highest BCUT2D eigenvalue weighted by molar-refractivity contribution is 6.34. The van der Waals surface area contributed by atoms with Crippen molar-refractivity contribution in [3.05, 3.63) is 0 Å². The van der Waals surface area contributed by atoms with Crippen molar-refractivity contribution in [2.75, 3.05) is 0 Å². The molecule has 1 aliphatic rings. The topological polar surface area (TPSA) is 89.3 Å². The maximum atomic E-state index is 10.9. The fraction of sp³-hybridized carbons (Fsp3) is 0.667. The summed E-state index contributed by atoms with van der Waals surface area (Å²) in [7, 11) is 0. The number of carbonyl (C=O) groups excluding carboxylic acids is 3. The zero-order valence-electron chi connectivity index (χ0n) is 7.79. The third-order valence-corrected chi connectivity index (χ3v) is 2.45. The van der Waals surface area contributed by atoms with Crippen molar-refractivity contribution in [3.8, 4) is 0 Å². The molecule has 0 atom stereocenters. The Balaban J connectivity index is 2.32. The van der Waals surface area contributed by atoms with Crippen LogP contribution in [0, 0.1) is 5.92 Å². The summed E-state index contributed by atoms with van der Waals surface area (Å²) in [6, 6.07) is -0.0281. The van der Waals surface area contributed by atoms with Crippen LogP contribution in [0.1, 0.15) is 25.7 Å². The number of primary amides is 1. The molecule has 77 valence electrons. The minimum absolute atomic E-state index is 0.0169. The lowest BCUT2D eigenvalue weighted by molar-refractivity contribution is -0.137. The van der Waals surface area contributed by atoms with E-state index in [0.717, 1.165) is 0 Å². The third-order valence-electron chi connectivity index (χ3n) is 2.45. The van der Waals surface area contributed by atoms with Crippen LogP contribution in [0.5, 0.6) is 0 Å². The first-order valence-corrected chi connectivity index (χ1v) is 4.61. The Morgan fingerprint density at radius 2 is 1.79 bits per heavy atom. The second-order valence-corrected chi connectivity index (χ2v) is 3.50. The van der Waals surface area contributed by atoms with Gasteiger partial charge in [0.05, 0.1) is 0 Å². The fourth-order valence-electron chi connectivity index (χ4n) is 1.61. The fourth-order valence-corrected chi connectivity index (χ4v) is 1.61. The van der Waals surface area contributed by atoms with E-state index in [-0.39, 0.29) is 12.0 Å². The Kier molecular flexibility index (Phi) is 3.62. The van der Waals surface area contributed by atoms with Crippen LogP contribution in [0.2, 0.25) is 0 Å². The number of nitrogens with two attached hydrogens (primary N) is 1. The minimum atomic E-state index is -0.964. The predicted molar refractivity (Wildman–Crippen MR) is 48.8 cm³/mol. The minimum Gasteiger partial charge on any atom is -0.361 e. The van der Waals surface area contributed by atoms with E-state index in [2.05, 4.69) is 5.32 Å². The molecule has 0 unspecified atom stereocenters. The molecule has 14 heavy (non-hydrogen) atoms. The summed E-state index contributed by atoms with van der Waals surface area (Å²) in [5.74, 6) is -1.73. The molecule has 1 aliphatic carbocycles. The molecule has 0 aromatic heterocycles. The molecule has 1 saturated carbocycles. The lowest BCUT2D eigenvalue weighted by Crippen LogP contribution is -2.43. The van der Waals surface area contributed by atoms with Crippen molar-refractivity contribution < 1.29 is 14.4 Å². The second-order valence-electron chi connectivity index (χ2n) is 3.50. The van der Waals surface area contributed by atoms with Gasteiger partial charge in [-0.1, -0.05) is 0 Å². The Morgan fingerprint density at radius 1 is 1.21 bits per heavy atom. The monoisotopic (exact) mass is 197 g/mol. The largest absolute Gasteiger partial charge is 0.361 e. The lowest BCUT2D eigenvalue weighted by Gasteiger charge is -2.25. The van der Waals surface area contributed by atoms with Crippen molar-refractivity contribution in [2.24, 2.45) is 11.7 Å². The van der Waals surface area contributed by atoms with Crippen LogP contribution in [0.3, 0.4) is 0 Å². The number of hydrogen-bond donors (Lipinski definition) is 2. The normalized spacial score (nSPS) is 26.6. The molecule has 2 amide bonds. The van der Waals surface area contributed by atoms with Gasteiger partial charge < -0.3 is 11.1 Å². The molecule has 0 bridgehead atoms. The van der Waals surface area contributed by atoms with E-state index in [1.165, 1.54) is 0 Å². The van der Waals surface area contributed by atoms with Crippen LogP contribution in [0.15, 0.2) is 0 Å². The van der Waals surface area contributed by atoms with E-state index in [4.69, 9.17) is 5.73 Å². The summed E-state index contributed by atoms with van der Waals surface area (Å²) in [4.78, 5) is 31.7. The van der Waals surface area contributed by atoms with Crippen molar-refractivity contribution in [2.45, 2.75) is 31.7 Å². The Labute approximate surface area is 82.0 Å². The molecule has 0 saturated heterocycles. The Hall–Kier alpha value is -1.39. The molecule has 1 fully saturated rings. The van der Waals surface area contributed by atoms with E-state index < -0.39 is 11.8 Å². The summed E-state index contributed by atoms with van der Waals surface area (Å²) in [6.07, 6.45) is 4.79. The lowest BCUT2D eigenvalue weighted by atomic mass is 9.87. The number of rotatable bonds is 2. The van der Waals surface area contributed by atoms with Gasteiger partial charge in [0.15, 0.2) is 0 Å². The van der Waals surface area contributed by atoms with Gasteiger partial charge in [-0.05, 0) is 25.7 Å². The SMILES string of the molecule is NC(=O)C(=O)NC1CCC([C]=O)CC1. The first-order chi connectivity index (χ1) is 6.63. The number of hydrogen-bond acceptors (Lipinski definition) is 3. The smallest absolute Gasteiger partial charge is 0.309 e. The quantitative estimate of drug-likeness (QED) is 0.571. The second kappa shape index (κ2) is 4.74. The molecule has 5 nitrogen and oxygen atoms in total. The summed E-state index contributed by atoms with van der Waals surface area (Å²) in [5, 5.41) is 2.52. The van der Waals surface area contributed by atoms with E-state index in [9.17, 15) is 14.4 Å². The van der Waals surface area contributed by atoms with Crippen LogP contribution in [-0.2, 0) is 14.4 Å². The first-order valence-electron chi connectivity index (χ1n) is 4.61. The molecule has 0 heterocycles. The predicted octanol–water partition coefficient (Wildman–Crippen LogP) is -0.744. The van der Waals surface area contributed by atoms with Crippen molar-refractivity contribution in [3.63, 3.8) is 0 Å². The Morgan fingerprint density at radius 3 is 2.21 bits per heavy atom. The highest BCUT2D eigenvalue weighted by Crippen LogP contribution is 2.22. The number of carbonyl (C=O) groups is 2. The molecular weight excluding hydrogens is 184 g/mol. The molecule has 3 N–H and O–H groups in total. The van der Waals surface area contributed by atoms with Gasteiger partial charge in [-0.2, -0.15) is 0 Å². The molecule has 5 heteroatoms. The summed E-state index contributed by atoms with van der Waals surface area (Å²) < 4.78 is 0. The molecular formula is C9H13N2O3. The van der Waals surface area contributed by atoms with Crippen molar-refractivity contribution in [1.82, 2.24) is 5.32 Å². The van der Waals surface area contributed by atoms with Gasteiger partial charge in [0, 0.05) is 12.0 Å². The van der Waals surface area contributed by atoms with Gasteiger partial charge in [0.25, 0.3) is 0 Å². The van der Waals surface area contributed by atoms with Crippen molar-refractivity contribution >= 4 is 18.1 Å². The maximum absolute atomic E-state index is 10.9. The number of nitrogens with one attached hydrogen (secondary N) is 1. The Bertz CT molecular complexity index is 244. The zero-order chi connectivity index (χ0) is 10.6. The summed E-state index contributed by atoms with van der Waals surface area (Å²) >= 11 is 0. The number of amides is 2. The standard InChI is InChI=1S/C9H13N2O3/c10-8(13)9(14)11-7-3-1-6(5-12)2-4-7/h6-7H,1-4H2,(H2,10,13)(H,11,14). The van der Waals surface area contributed by atoms with Gasteiger partial charge in [0.1, 0.15) is 0 Å². The van der Waals surface area contributed by atoms with E-state index in [1.54, 1.807) is 0 Å². The highest BCUT2D eigenvalue weighted by Gasteiger charge is 2.23. The van der Waals surface area contributed by atoms with Crippen LogP contribution < -0.4 is 11.1 Å². The summed E-state index contributed by atoms with van der Waals surface area (Å²) in [6.45, 7) is 0. The van der Waals surface area contributed by atoms with Crippen LogP contribution >= 0.6 is 0 Å². The maximum Gasteiger partial charge on any atom is 0.309 e. The average Bonchev–Trinajstić information content (AvgIpc) is 2.19. The zero-order valence-corrected chi connectivity index (χ0v) is 7.79.